The number of nitro benzene ring substituents is 1. The van der Waals surface area contributed by atoms with E-state index in [0.717, 1.165) is 11.1 Å². The van der Waals surface area contributed by atoms with Crippen molar-refractivity contribution in [2.75, 3.05) is 7.11 Å². The van der Waals surface area contributed by atoms with E-state index in [1.165, 1.54) is 25.3 Å². The molecular weight excluding hydrogens is 336 g/mol. The highest BCUT2D eigenvalue weighted by Crippen LogP contribution is 2.14. The van der Waals surface area contributed by atoms with Crippen LogP contribution in [0.3, 0.4) is 0 Å². The van der Waals surface area contributed by atoms with Crippen LogP contribution in [0.5, 0.6) is 0 Å². The zero-order valence-electron chi connectivity index (χ0n) is 14.6. The Balaban J connectivity index is 2.09. The number of aryl methyl sites for hydroxylation is 1. The third-order valence-electron chi connectivity index (χ3n) is 3.99. The van der Waals surface area contributed by atoms with Gasteiger partial charge >= 0.3 is 5.97 Å². The summed E-state index contributed by atoms with van der Waals surface area (Å²) in [7, 11) is 1.26. The molecule has 0 aliphatic carbocycles. The SMILES string of the molecule is COC(=O)[C@@H](Cc1ccccc1C)NC(=O)Cc1cccc([N+](=O)[O-])c1. The molecule has 0 bridgehead atoms. The van der Waals surface area contributed by atoms with Gasteiger partial charge in [-0.3, -0.25) is 14.9 Å². The molecule has 7 nitrogen and oxygen atoms in total. The maximum atomic E-state index is 12.3. The molecule has 1 amide bonds. The number of methoxy groups -OCH3 is 1. The molecule has 0 unspecified atom stereocenters. The number of hydrogen-bond donors (Lipinski definition) is 1. The Labute approximate surface area is 151 Å². The lowest BCUT2D eigenvalue weighted by atomic mass is 10.0. The number of nitro groups is 1. The highest BCUT2D eigenvalue weighted by atomic mass is 16.6. The lowest BCUT2D eigenvalue weighted by Gasteiger charge is -2.17. The predicted molar refractivity (Wildman–Crippen MR) is 95.6 cm³/mol. The van der Waals surface area contributed by atoms with Gasteiger partial charge in [0.2, 0.25) is 5.91 Å². The van der Waals surface area contributed by atoms with E-state index in [9.17, 15) is 19.7 Å². The number of rotatable bonds is 7. The van der Waals surface area contributed by atoms with Gasteiger partial charge in [0, 0.05) is 18.6 Å². The number of hydrogen-bond acceptors (Lipinski definition) is 5. The number of carbonyl (C=O) groups excluding carboxylic acids is 2. The van der Waals surface area contributed by atoms with Crippen molar-refractivity contribution in [1.29, 1.82) is 0 Å². The minimum atomic E-state index is -0.827. The van der Waals surface area contributed by atoms with Crippen molar-refractivity contribution in [2.45, 2.75) is 25.8 Å². The fourth-order valence-corrected chi connectivity index (χ4v) is 2.61. The van der Waals surface area contributed by atoms with Crippen LogP contribution in [0.25, 0.3) is 0 Å². The molecule has 26 heavy (non-hydrogen) atoms. The number of nitrogens with one attached hydrogen (secondary N) is 1. The van der Waals surface area contributed by atoms with Crippen molar-refractivity contribution < 1.29 is 19.2 Å². The first-order chi connectivity index (χ1) is 12.4. The highest BCUT2D eigenvalue weighted by Gasteiger charge is 2.23. The molecule has 0 saturated heterocycles. The molecule has 0 heterocycles. The number of ether oxygens (including phenoxy) is 1. The van der Waals surface area contributed by atoms with E-state index in [1.54, 1.807) is 6.07 Å². The van der Waals surface area contributed by atoms with Gasteiger partial charge in [0.1, 0.15) is 6.04 Å². The van der Waals surface area contributed by atoms with Crippen molar-refractivity contribution in [3.8, 4) is 0 Å². The third-order valence-corrected chi connectivity index (χ3v) is 3.99. The number of benzene rings is 2. The molecule has 7 heteroatoms. The summed E-state index contributed by atoms with van der Waals surface area (Å²) in [4.78, 5) is 34.7. The average Bonchev–Trinajstić information content (AvgIpc) is 2.62. The molecule has 0 saturated carbocycles. The molecule has 1 N–H and O–H groups in total. The van der Waals surface area contributed by atoms with Gasteiger partial charge in [-0.05, 0) is 23.6 Å². The predicted octanol–water partition coefficient (Wildman–Crippen LogP) is 2.35. The van der Waals surface area contributed by atoms with Gasteiger partial charge in [-0.25, -0.2) is 4.79 Å². The third kappa shape index (κ3) is 5.14. The van der Waals surface area contributed by atoms with Crippen LogP contribution in [0.15, 0.2) is 48.5 Å². The van der Waals surface area contributed by atoms with Crippen molar-refractivity contribution in [2.24, 2.45) is 0 Å². The Hall–Kier alpha value is -3.22. The number of carbonyl (C=O) groups is 2. The summed E-state index contributed by atoms with van der Waals surface area (Å²) in [5, 5.41) is 13.5. The zero-order valence-corrected chi connectivity index (χ0v) is 14.6. The zero-order chi connectivity index (χ0) is 19.1. The molecule has 0 radical (unpaired) electrons. The molecule has 0 aliphatic rings. The van der Waals surface area contributed by atoms with E-state index in [4.69, 9.17) is 4.74 Å². The molecule has 1 atom stereocenters. The summed E-state index contributed by atoms with van der Waals surface area (Å²) in [6.07, 6.45) is 0.239. The second-order valence-corrected chi connectivity index (χ2v) is 5.88. The van der Waals surface area contributed by atoms with E-state index >= 15 is 0 Å². The van der Waals surface area contributed by atoms with Gasteiger partial charge in [-0.2, -0.15) is 0 Å². The van der Waals surface area contributed by atoms with Crippen molar-refractivity contribution in [3.05, 3.63) is 75.3 Å². The Morgan fingerprint density at radius 2 is 1.92 bits per heavy atom. The van der Waals surface area contributed by atoms with Crippen molar-refractivity contribution in [3.63, 3.8) is 0 Å². The minimum Gasteiger partial charge on any atom is -0.467 e. The number of nitrogens with zero attached hydrogens (tertiary/aromatic N) is 1. The Morgan fingerprint density at radius 1 is 1.19 bits per heavy atom. The lowest BCUT2D eigenvalue weighted by molar-refractivity contribution is -0.384. The number of amides is 1. The first kappa shape index (κ1) is 19.1. The lowest BCUT2D eigenvalue weighted by Crippen LogP contribution is -2.43. The number of esters is 1. The van der Waals surface area contributed by atoms with Crippen LogP contribution in [0.4, 0.5) is 5.69 Å². The van der Waals surface area contributed by atoms with E-state index in [-0.39, 0.29) is 12.1 Å². The van der Waals surface area contributed by atoms with Crippen molar-refractivity contribution in [1.82, 2.24) is 5.32 Å². The van der Waals surface area contributed by atoms with Crippen LogP contribution >= 0.6 is 0 Å². The van der Waals surface area contributed by atoms with Gasteiger partial charge in [0.25, 0.3) is 5.69 Å². The van der Waals surface area contributed by atoms with Crippen LogP contribution < -0.4 is 5.32 Å². The van der Waals surface area contributed by atoms with Crippen LogP contribution in [0.2, 0.25) is 0 Å². The summed E-state index contributed by atoms with van der Waals surface area (Å²) in [5.74, 6) is -0.949. The summed E-state index contributed by atoms with van der Waals surface area (Å²) >= 11 is 0. The van der Waals surface area contributed by atoms with E-state index < -0.39 is 22.8 Å². The van der Waals surface area contributed by atoms with Crippen LogP contribution in [-0.4, -0.2) is 30.0 Å². The monoisotopic (exact) mass is 356 g/mol. The van der Waals surface area contributed by atoms with E-state index in [0.29, 0.717) is 12.0 Å². The van der Waals surface area contributed by atoms with Crippen LogP contribution in [0, 0.1) is 17.0 Å². The summed E-state index contributed by atoms with van der Waals surface area (Å²) in [5.41, 5.74) is 2.35. The Morgan fingerprint density at radius 3 is 2.58 bits per heavy atom. The summed E-state index contributed by atoms with van der Waals surface area (Å²) < 4.78 is 4.78. The van der Waals surface area contributed by atoms with Gasteiger partial charge in [-0.15, -0.1) is 0 Å². The molecule has 2 rings (SSSR count). The maximum Gasteiger partial charge on any atom is 0.328 e. The molecule has 136 valence electrons. The van der Waals surface area contributed by atoms with Gasteiger partial charge in [-0.1, -0.05) is 36.4 Å². The summed E-state index contributed by atoms with van der Waals surface area (Å²) in [6.45, 7) is 1.93. The highest BCUT2D eigenvalue weighted by molar-refractivity contribution is 5.86. The minimum absolute atomic E-state index is 0.0665. The van der Waals surface area contributed by atoms with Gasteiger partial charge in [0.05, 0.1) is 18.5 Å². The summed E-state index contributed by atoms with van der Waals surface area (Å²) in [6, 6.07) is 12.6. The van der Waals surface area contributed by atoms with Crippen LogP contribution in [0.1, 0.15) is 16.7 Å². The average molecular weight is 356 g/mol. The normalized spacial score (nSPS) is 11.5. The molecule has 0 aromatic heterocycles. The largest absolute Gasteiger partial charge is 0.467 e. The van der Waals surface area contributed by atoms with Gasteiger partial charge in [0.15, 0.2) is 0 Å². The first-order valence-electron chi connectivity index (χ1n) is 8.05. The molecule has 0 spiro atoms. The second-order valence-electron chi connectivity index (χ2n) is 5.88. The quantitative estimate of drug-likeness (QED) is 0.466. The maximum absolute atomic E-state index is 12.3. The Kier molecular flexibility index (Phi) is 6.43. The molecular formula is C19H20N2O5. The van der Waals surface area contributed by atoms with Crippen LogP contribution in [-0.2, 0) is 27.2 Å². The Bertz CT molecular complexity index is 819. The number of non-ortho nitro benzene ring substituents is 1. The molecule has 2 aromatic rings. The van der Waals surface area contributed by atoms with E-state index in [1.807, 2.05) is 31.2 Å². The molecule has 0 aliphatic heterocycles. The molecule has 0 fully saturated rings. The van der Waals surface area contributed by atoms with Gasteiger partial charge < -0.3 is 10.1 Å². The fraction of sp³-hybridized carbons (Fsp3) is 0.263. The fourth-order valence-electron chi connectivity index (χ4n) is 2.61. The molecule has 2 aromatic carbocycles. The second kappa shape index (κ2) is 8.75. The first-order valence-corrected chi connectivity index (χ1v) is 8.05. The van der Waals surface area contributed by atoms with Crippen molar-refractivity contribution >= 4 is 17.6 Å². The van der Waals surface area contributed by atoms with E-state index in [2.05, 4.69) is 5.32 Å². The smallest absolute Gasteiger partial charge is 0.328 e. The standard InChI is InChI=1S/C19H20N2O5/c1-13-6-3-4-8-15(13)12-17(19(23)26-2)20-18(22)11-14-7-5-9-16(10-14)21(24)25/h3-10,17H,11-12H2,1-2H3,(H,20,22)/t17-/m1/s1. The topological polar surface area (TPSA) is 98.5 Å².